The number of imidazole rings is 1. The lowest BCUT2D eigenvalue weighted by atomic mass is 10.2. The van der Waals surface area contributed by atoms with Gasteiger partial charge in [-0.2, -0.15) is 0 Å². The number of carbonyl (C=O) groups is 1. The van der Waals surface area contributed by atoms with Gasteiger partial charge < -0.3 is 10.1 Å². The molecule has 0 saturated carbocycles. The molecule has 0 aliphatic rings. The van der Waals surface area contributed by atoms with E-state index < -0.39 is 10.9 Å². The van der Waals surface area contributed by atoms with Gasteiger partial charge in [0, 0.05) is 18.6 Å². The van der Waals surface area contributed by atoms with E-state index in [0.717, 1.165) is 35.8 Å². The first-order valence-corrected chi connectivity index (χ1v) is 7.42. The van der Waals surface area contributed by atoms with Crippen LogP contribution >= 0.6 is 0 Å². The number of aromatic nitrogens is 2. The van der Waals surface area contributed by atoms with Crippen LogP contribution in [0.15, 0.2) is 48.5 Å². The van der Waals surface area contributed by atoms with Crippen molar-refractivity contribution in [3.63, 3.8) is 0 Å². The highest BCUT2D eigenvalue weighted by Crippen LogP contribution is 2.12. The molecule has 124 valence electrons. The van der Waals surface area contributed by atoms with Gasteiger partial charge in [-0.15, -0.1) is 0 Å². The second-order valence-electron chi connectivity index (χ2n) is 5.06. The second kappa shape index (κ2) is 7.87. The van der Waals surface area contributed by atoms with E-state index in [1.165, 1.54) is 18.2 Å². The molecule has 0 fully saturated rings. The number of nitro benzene ring substituents is 1. The number of H-pyrrole nitrogens is 1. The second-order valence-corrected chi connectivity index (χ2v) is 5.06. The Labute approximate surface area is 138 Å². The summed E-state index contributed by atoms with van der Waals surface area (Å²) in [5.74, 6) is -0.0719. The Morgan fingerprint density at radius 1 is 1.25 bits per heavy atom. The molecule has 1 heterocycles. The fourth-order valence-corrected chi connectivity index (χ4v) is 2.11. The average molecular weight is 327 g/mol. The van der Waals surface area contributed by atoms with Crippen molar-refractivity contribution in [3.05, 3.63) is 70.0 Å². The van der Waals surface area contributed by atoms with Crippen LogP contribution in [0.2, 0.25) is 0 Å². The predicted molar refractivity (Wildman–Crippen MR) is 90.1 cm³/mol. The summed E-state index contributed by atoms with van der Waals surface area (Å²) >= 11 is 0. The molecule has 7 heteroatoms. The number of hydrogen-bond acceptors (Lipinski definition) is 4. The van der Waals surface area contributed by atoms with Gasteiger partial charge in [0.1, 0.15) is 5.82 Å². The minimum Gasteiger partial charge on any atom is -0.478 e. The number of carboxylic acids is 1. The van der Waals surface area contributed by atoms with Crippen LogP contribution in [-0.4, -0.2) is 26.0 Å². The Morgan fingerprint density at radius 3 is 2.62 bits per heavy atom. The van der Waals surface area contributed by atoms with Crippen LogP contribution in [0.4, 0.5) is 5.69 Å². The Balaban J connectivity index is 0.000000174. The molecule has 2 N–H and O–H groups in total. The fraction of sp³-hybridized carbons (Fsp3) is 0.176. The van der Waals surface area contributed by atoms with Gasteiger partial charge in [-0.25, -0.2) is 9.78 Å². The molecule has 0 aliphatic carbocycles. The Kier molecular flexibility index (Phi) is 5.62. The van der Waals surface area contributed by atoms with Crippen molar-refractivity contribution in [2.24, 2.45) is 0 Å². The monoisotopic (exact) mass is 327 g/mol. The summed E-state index contributed by atoms with van der Waals surface area (Å²) in [6, 6.07) is 13.0. The van der Waals surface area contributed by atoms with Crippen molar-refractivity contribution >= 4 is 22.7 Å². The van der Waals surface area contributed by atoms with Crippen LogP contribution < -0.4 is 0 Å². The smallest absolute Gasteiger partial charge is 0.335 e. The highest BCUT2D eigenvalue weighted by Gasteiger charge is 2.09. The number of hydrogen-bond donors (Lipinski definition) is 2. The van der Waals surface area contributed by atoms with E-state index in [4.69, 9.17) is 5.11 Å². The van der Waals surface area contributed by atoms with Gasteiger partial charge in [0.05, 0.1) is 21.5 Å². The Morgan fingerprint density at radius 2 is 2.00 bits per heavy atom. The number of aryl methyl sites for hydroxylation is 1. The summed E-state index contributed by atoms with van der Waals surface area (Å²) in [7, 11) is 0. The number of benzene rings is 2. The number of nitrogens with one attached hydrogen (secondary N) is 1. The maximum atomic E-state index is 10.4. The lowest BCUT2D eigenvalue weighted by molar-refractivity contribution is -0.384. The summed E-state index contributed by atoms with van der Waals surface area (Å²) in [4.78, 5) is 27.6. The third kappa shape index (κ3) is 4.39. The first-order valence-electron chi connectivity index (χ1n) is 7.42. The molecule has 0 amide bonds. The summed E-state index contributed by atoms with van der Waals surface area (Å²) in [5.41, 5.74) is 1.92. The predicted octanol–water partition coefficient (Wildman–Crippen LogP) is 3.81. The van der Waals surface area contributed by atoms with E-state index in [0.29, 0.717) is 0 Å². The molecule has 0 saturated heterocycles. The van der Waals surface area contributed by atoms with Crippen molar-refractivity contribution in [1.29, 1.82) is 0 Å². The van der Waals surface area contributed by atoms with Gasteiger partial charge in [0.25, 0.3) is 5.69 Å². The van der Waals surface area contributed by atoms with Crippen LogP contribution in [0, 0.1) is 10.1 Å². The van der Waals surface area contributed by atoms with Crippen LogP contribution in [-0.2, 0) is 6.42 Å². The normalized spacial score (nSPS) is 10.0. The molecule has 3 rings (SSSR count). The van der Waals surface area contributed by atoms with E-state index in [2.05, 4.69) is 23.0 Å². The summed E-state index contributed by atoms with van der Waals surface area (Å²) < 4.78 is 0. The quantitative estimate of drug-likeness (QED) is 0.559. The van der Waals surface area contributed by atoms with Crippen molar-refractivity contribution in [1.82, 2.24) is 9.97 Å². The molecule has 0 bridgehead atoms. The Bertz CT molecular complexity index is 795. The maximum absolute atomic E-state index is 10.4. The number of aromatic amines is 1. The highest BCUT2D eigenvalue weighted by atomic mass is 16.6. The van der Waals surface area contributed by atoms with Crippen LogP contribution in [0.3, 0.4) is 0 Å². The third-order valence-corrected chi connectivity index (χ3v) is 3.23. The standard InChI is InChI=1S/C10H12N2.C7H5NO4/c1-2-5-10-11-8-6-3-4-7-9(8)12-10;9-7(10)5-2-1-3-6(4-5)8(11)12/h3-4,6-7H,2,5H2,1H3,(H,11,12);1-4H,(H,9,10). The van der Waals surface area contributed by atoms with E-state index in [1.54, 1.807) is 0 Å². The molecule has 1 aromatic heterocycles. The number of fused-ring (bicyclic) bond motifs is 1. The summed E-state index contributed by atoms with van der Waals surface area (Å²) in [5, 5.41) is 18.7. The molecule has 24 heavy (non-hydrogen) atoms. The lowest BCUT2D eigenvalue weighted by Gasteiger charge is -1.92. The largest absolute Gasteiger partial charge is 0.478 e. The van der Waals surface area contributed by atoms with Gasteiger partial charge in [0.15, 0.2) is 0 Å². The first kappa shape index (κ1) is 17.1. The van der Waals surface area contributed by atoms with E-state index in [9.17, 15) is 14.9 Å². The van der Waals surface area contributed by atoms with Gasteiger partial charge in [-0.1, -0.05) is 25.1 Å². The van der Waals surface area contributed by atoms with Gasteiger partial charge in [0.2, 0.25) is 0 Å². The molecule has 0 radical (unpaired) electrons. The third-order valence-electron chi connectivity index (χ3n) is 3.23. The number of nitro groups is 1. The zero-order valence-electron chi connectivity index (χ0n) is 13.1. The average Bonchev–Trinajstić information content (AvgIpc) is 2.98. The lowest BCUT2D eigenvalue weighted by Crippen LogP contribution is -1.97. The number of non-ortho nitro benzene ring substituents is 1. The SMILES string of the molecule is CCCc1nc2ccccc2[nH]1.O=C(O)c1cccc([N+](=O)[O-])c1. The molecule has 0 spiro atoms. The molecule has 7 nitrogen and oxygen atoms in total. The molecule has 3 aromatic rings. The number of nitrogens with zero attached hydrogens (tertiary/aromatic N) is 2. The number of aromatic carboxylic acids is 1. The molecular formula is C17H17N3O4. The number of para-hydroxylation sites is 2. The van der Waals surface area contributed by atoms with Gasteiger partial charge in [-0.3, -0.25) is 10.1 Å². The molecule has 0 unspecified atom stereocenters. The molecule has 0 atom stereocenters. The zero-order valence-corrected chi connectivity index (χ0v) is 13.1. The topological polar surface area (TPSA) is 109 Å². The van der Waals surface area contributed by atoms with Crippen molar-refractivity contribution in [3.8, 4) is 0 Å². The highest BCUT2D eigenvalue weighted by molar-refractivity contribution is 5.88. The maximum Gasteiger partial charge on any atom is 0.335 e. The summed E-state index contributed by atoms with van der Waals surface area (Å²) in [6.45, 7) is 2.16. The molecule has 0 aliphatic heterocycles. The van der Waals surface area contributed by atoms with Crippen LogP contribution in [0.5, 0.6) is 0 Å². The molecular weight excluding hydrogens is 310 g/mol. The number of carboxylic acid groups (broad SMARTS) is 1. The van der Waals surface area contributed by atoms with Gasteiger partial charge in [-0.05, 0) is 24.6 Å². The van der Waals surface area contributed by atoms with Crippen molar-refractivity contribution < 1.29 is 14.8 Å². The van der Waals surface area contributed by atoms with E-state index in [-0.39, 0.29) is 11.3 Å². The van der Waals surface area contributed by atoms with E-state index >= 15 is 0 Å². The first-order chi connectivity index (χ1) is 11.5. The minimum absolute atomic E-state index is 0.0794. The number of rotatable bonds is 4. The van der Waals surface area contributed by atoms with Gasteiger partial charge >= 0.3 is 5.97 Å². The van der Waals surface area contributed by atoms with Crippen molar-refractivity contribution in [2.45, 2.75) is 19.8 Å². The summed E-state index contributed by atoms with van der Waals surface area (Å²) in [6.07, 6.45) is 2.18. The van der Waals surface area contributed by atoms with E-state index in [1.807, 2.05) is 18.2 Å². The molecule has 2 aromatic carbocycles. The van der Waals surface area contributed by atoms with Crippen LogP contribution in [0.25, 0.3) is 11.0 Å². The Hall–Kier alpha value is -3.22. The zero-order chi connectivity index (χ0) is 17.5. The minimum atomic E-state index is -1.17. The van der Waals surface area contributed by atoms with Crippen molar-refractivity contribution in [2.75, 3.05) is 0 Å². The fourth-order valence-electron chi connectivity index (χ4n) is 2.11. The van der Waals surface area contributed by atoms with Crippen LogP contribution in [0.1, 0.15) is 29.5 Å².